The first-order valence-corrected chi connectivity index (χ1v) is 6.75. The Morgan fingerprint density at radius 1 is 1.00 bits per heavy atom. The van der Waals surface area contributed by atoms with Crippen LogP contribution in [0.4, 0.5) is 5.69 Å². The minimum atomic E-state index is -0.594. The molecule has 0 spiro atoms. The van der Waals surface area contributed by atoms with E-state index in [0.29, 0.717) is 11.3 Å². The van der Waals surface area contributed by atoms with E-state index in [1.165, 1.54) is 12.1 Å². The summed E-state index contributed by atoms with van der Waals surface area (Å²) in [6.07, 6.45) is 3.93. The number of anilines is 1. The summed E-state index contributed by atoms with van der Waals surface area (Å²) in [5, 5.41) is 11.2. The fourth-order valence-electron chi connectivity index (χ4n) is 1.85. The van der Waals surface area contributed by atoms with E-state index in [9.17, 15) is 9.59 Å². The van der Waals surface area contributed by atoms with Gasteiger partial charge in [0.15, 0.2) is 0 Å². The van der Waals surface area contributed by atoms with Crippen molar-refractivity contribution in [3.63, 3.8) is 0 Å². The molecule has 0 radical (unpaired) electrons. The normalized spacial score (nSPS) is 10.4. The highest BCUT2D eigenvalue weighted by Crippen LogP contribution is 2.10. The van der Waals surface area contributed by atoms with Gasteiger partial charge in [-0.2, -0.15) is 0 Å². The molecule has 0 atom stereocenters. The molecular formula is C17H16N2O3. The van der Waals surface area contributed by atoms with Crippen LogP contribution in [0.3, 0.4) is 0 Å². The molecule has 112 valence electrons. The minimum absolute atomic E-state index is 0.147. The van der Waals surface area contributed by atoms with E-state index in [2.05, 4.69) is 5.32 Å². The zero-order valence-corrected chi connectivity index (χ0v) is 11.8. The molecule has 0 bridgehead atoms. The Balaban J connectivity index is 1.87. The number of hydrogen-bond acceptors (Lipinski definition) is 3. The van der Waals surface area contributed by atoms with Crippen LogP contribution in [0.15, 0.2) is 60.7 Å². The van der Waals surface area contributed by atoms with Crippen LogP contribution in [0.1, 0.15) is 22.3 Å². The standard InChI is InChI=1S/C17H16N2O3/c20-16(8-4-7-13-5-2-1-3-6-13)18-15-11-9-14(10-12-15)17(21)19-22/h1-7,9-12,22H,8H2,(H,18,20)(H,19,21)/b7-4+. The molecule has 0 saturated heterocycles. The Bertz CT molecular complexity index is 664. The topological polar surface area (TPSA) is 78.4 Å². The predicted octanol–water partition coefficient (Wildman–Crippen LogP) is 2.85. The largest absolute Gasteiger partial charge is 0.326 e. The number of carbonyl (C=O) groups is 2. The van der Waals surface area contributed by atoms with Gasteiger partial charge >= 0.3 is 0 Å². The molecule has 0 aliphatic heterocycles. The summed E-state index contributed by atoms with van der Waals surface area (Å²) in [5.41, 5.74) is 3.49. The Morgan fingerprint density at radius 3 is 2.32 bits per heavy atom. The number of hydrogen-bond donors (Lipinski definition) is 3. The smallest absolute Gasteiger partial charge is 0.274 e. The van der Waals surface area contributed by atoms with Crippen molar-refractivity contribution in [3.8, 4) is 0 Å². The first-order chi connectivity index (χ1) is 10.7. The summed E-state index contributed by atoms with van der Waals surface area (Å²) in [7, 11) is 0. The van der Waals surface area contributed by atoms with Gasteiger partial charge < -0.3 is 5.32 Å². The lowest BCUT2D eigenvalue weighted by Gasteiger charge is -2.04. The van der Waals surface area contributed by atoms with E-state index in [0.717, 1.165) is 5.56 Å². The Hall–Kier alpha value is -2.92. The Morgan fingerprint density at radius 2 is 1.68 bits per heavy atom. The lowest BCUT2D eigenvalue weighted by molar-refractivity contribution is -0.115. The van der Waals surface area contributed by atoms with Crippen molar-refractivity contribution in [2.24, 2.45) is 0 Å². The maximum Gasteiger partial charge on any atom is 0.274 e. The molecule has 0 unspecified atom stereocenters. The summed E-state index contributed by atoms with van der Waals surface area (Å²) in [6, 6.07) is 16.0. The van der Waals surface area contributed by atoms with Gasteiger partial charge in [-0.25, -0.2) is 5.48 Å². The predicted molar refractivity (Wildman–Crippen MR) is 84.4 cm³/mol. The van der Waals surface area contributed by atoms with E-state index in [4.69, 9.17) is 5.21 Å². The third-order valence-corrected chi connectivity index (χ3v) is 2.95. The second kappa shape index (κ2) is 7.75. The summed E-state index contributed by atoms with van der Waals surface area (Å²) in [4.78, 5) is 23.0. The summed E-state index contributed by atoms with van der Waals surface area (Å²) in [6.45, 7) is 0. The van der Waals surface area contributed by atoms with Crippen molar-refractivity contribution >= 4 is 23.6 Å². The first-order valence-electron chi connectivity index (χ1n) is 6.75. The second-order valence-corrected chi connectivity index (χ2v) is 4.58. The minimum Gasteiger partial charge on any atom is -0.326 e. The van der Waals surface area contributed by atoms with Gasteiger partial charge in [0, 0.05) is 17.7 Å². The highest BCUT2D eigenvalue weighted by Gasteiger charge is 2.04. The molecule has 2 aromatic rings. The molecule has 0 saturated carbocycles. The van der Waals surface area contributed by atoms with E-state index < -0.39 is 5.91 Å². The highest BCUT2D eigenvalue weighted by atomic mass is 16.5. The molecule has 3 N–H and O–H groups in total. The molecule has 2 aromatic carbocycles. The third kappa shape index (κ3) is 4.57. The number of rotatable bonds is 5. The van der Waals surface area contributed by atoms with Crippen LogP contribution in [0.25, 0.3) is 6.08 Å². The lowest BCUT2D eigenvalue weighted by Crippen LogP contribution is -2.18. The SMILES string of the molecule is O=C(C/C=C/c1ccccc1)Nc1ccc(C(=O)NO)cc1. The molecule has 2 rings (SSSR count). The van der Waals surface area contributed by atoms with Crippen LogP contribution in [-0.4, -0.2) is 17.0 Å². The molecular weight excluding hydrogens is 280 g/mol. The fraction of sp³-hybridized carbons (Fsp3) is 0.0588. The molecule has 0 heterocycles. The molecule has 0 aromatic heterocycles. The zero-order chi connectivity index (χ0) is 15.8. The van der Waals surface area contributed by atoms with E-state index in [1.54, 1.807) is 23.7 Å². The average Bonchev–Trinajstić information content (AvgIpc) is 2.56. The number of hydroxylamine groups is 1. The van der Waals surface area contributed by atoms with E-state index in [1.807, 2.05) is 36.4 Å². The number of benzene rings is 2. The summed E-state index contributed by atoms with van der Waals surface area (Å²) in [5.74, 6) is -0.741. The molecule has 0 aliphatic carbocycles. The van der Waals surface area contributed by atoms with Gasteiger partial charge in [-0.05, 0) is 29.8 Å². The van der Waals surface area contributed by atoms with Crippen LogP contribution in [-0.2, 0) is 4.79 Å². The maximum absolute atomic E-state index is 11.8. The molecule has 5 nitrogen and oxygen atoms in total. The molecule has 2 amide bonds. The van der Waals surface area contributed by atoms with Gasteiger partial charge in [0.2, 0.25) is 5.91 Å². The van der Waals surface area contributed by atoms with Crippen molar-refractivity contribution in [1.29, 1.82) is 0 Å². The molecule has 0 aliphatic rings. The van der Waals surface area contributed by atoms with E-state index in [-0.39, 0.29) is 12.3 Å². The number of carbonyl (C=O) groups excluding carboxylic acids is 2. The summed E-state index contributed by atoms with van der Waals surface area (Å²) >= 11 is 0. The van der Waals surface area contributed by atoms with Crippen LogP contribution in [0.2, 0.25) is 0 Å². The fourth-order valence-corrected chi connectivity index (χ4v) is 1.85. The van der Waals surface area contributed by atoms with Crippen molar-refractivity contribution in [2.45, 2.75) is 6.42 Å². The van der Waals surface area contributed by atoms with Crippen LogP contribution in [0, 0.1) is 0 Å². The van der Waals surface area contributed by atoms with Crippen molar-refractivity contribution < 1.29 is 14.8 Å². The highest BCUT2D eigenvalue weighted by molar-refractivity contribution is 5.95. The average molecular weight is 296 g/mol. The van der Waals surface area contributed by atoms with Crippen molar-refractivity contribution in [3.05, 3.63) is 71.8 Å². The van der Waals surface area contributed by atoms with Crippen LogP contribution in [0.5, 0.6) is 0 Å². The van der Waals surface area contributed by atoms with Gasteiger partial charge in [-0.1, -0.05) is 42.5 Å². The van der Waals surface area contributed by atoms with Crippen LogP contribution < -0.4 is 10.8 Å². The molecule has 5 heteroatoms. The molecule has 22 heavy (non-hydrogen) atoms. The van der Waals surface area contributed by atoms with Crippen molar-refractivity contribution in [2.75, 3.05) is 5.32 Å². The Kier molecular flexibility index (Phi) is 5.45. The van der Waals surface area contributed by atoms with Gasteiger partial charge in [-0.3, -0.25) is 14.8 Å². The summed E-state index contributed by atoms with van der Waals surface area (Å²) < 4.78 is 0. The third-order valence-electron chi connectivity index (χ3n) is 2.95. The van der Waals surface area contributed by atoms with Crippen LogP contribution >= 0.6 is 0 Å². The molecule has 0 fully saturated rings. The van der Waals surface area contributed by atoms with Gasteiger partial charge in [0.25, 0.3) is 5.91 Å². The van der Waals surface area contributed by atoms with Gasteiger partial charge in [0.05, 0.1) is 0 Å². The van der Waals surface area contributed by atoms with Gasteiger partial charge in [0.1, 0.15) is 0 Å². The quantitative estimate of drug-likeness (QED) is 0.586. The van der Waals surface area contributed by atoms with Gasteiger partial charge in [-0.15, -0.1) is 0 Å². The first kappa shape index (κ1) is 15.5. The maximum atomic E-state index is 11.8. The van der Waals surface area contributed by atoms with Crippen molar-refractivity contribution in [1.82, 2.24) is 5.48 Å². The van der Waals surface area contributed by atoms with E-state index >= 15 is 0 Å². The monoisotopic (exact) mass is 296 g/mol. The number of amides is 2. The second-order valence-electron chi connectivity index (χ2n) is 4.58. The zero-order valence-electron chi connectivity index (χ0n) is 11.8. The number of nitrogens with one attached hydrogen (secondary N) is 2. The Labute approximate surface area is 128 Å². The lowest BCUT2D eigenvalue weighted by atomic mass is 10.2.